The second kappa shape index (κ2) is 6.37. The van der Waals surface area contributed by atoms with Crippen molar-refractivity contribution in [3.05, 3.63) is 45.1 Å². The molecule has 0 fully saturated rings. The van der Waals surface area contributed by atoms with Gasteiger partial charge >= 0.3 is 0 Å². The summed E-state index contributed by atoms with van der Waals surface area (Å²) in [6.07, 6.45) is 0. The SMILES string of the molecule is CC(Nc1cc(N)ccc1C(=O)N(C)C)c1ccc(Cl)s1. The summed E-state index contributed by atoms with van der Waals surface area (Å²) in [5.74, 6) is -0.0612. The van der Waals surface area contributed by atoms with Crippen LogP contribution in [0.2, 0.25) is 4.34 Å². The van der Waals surface area contributed by atoms with E-state index in [-0.39, 0.29) is 11.9 Å². The first kappa shape index (κ1) is 15.7. The number of rotatable bonds is 4. The van der Waals surface area contributed by atoms with Crippen LogP contribution in [0.5, 0.6) is 0 Å². The van der Waals surface area contributed by atoms with E-state index >= 15 is 0 Å². The van der Waals surface area contributed by atoms with Gasteiger partial charge in [0.25, 0.3) is 5.91 Å². The van der Waals surface area contributed by atoms with Crippen LogP contribution in [0.4, 0.5) is 11.4 Å². The number of hydrogen-bond donors (Lipinski definition) is 2. The standard InChI is InChI=1S/C15H18ClN3OS/c1-9(13-6-7-14(16)21-13)18-12-8-10(17)4-5-11(12)15(20)19(2)3/h4-9,18H,17H2,1-3H3. The molecule has 1 heterocycles. The van der Waals surface area contributed by atoms with E-state index in [1.54, 1.807) is 37.2 Å². The molecule has 0 bridgehead atoms. The maximum Gasteiger partial charge on any atom is 0.255 e. The second-order valence-electron chi connectivity index (χ2n) is 5.01. The van der Waals surface area contributed by atoms with Gasteiger partial charge in [-0.25, -0.2) is 0 Å². The van der Waals surface area contributed by atoms with E-state index in [4.69, 9.17) is 17.3 Å². The number of nitrogens with one attached hydrogen (secondary N) is 1. The smallest absolute Gasteiger partial charge is 0.255 e. The van der Waals surface area contributed by atoms with Crippen molar-refractivity contribution < 1.29 is 4.79 Å². The third-order valence-corrected chi connectivity index (χ3v) is 4.49. The van der Waals surface area contributed by atoms with Crippen LogP contribution >= 0.6 is 22.9 Å². The molecule has 1 amide bonds. The summed E-state index contributed by atoms with van der Waals surface area (Å²) in [6, 6.07) is 9.14. The monoisotopic (exact) mass is 323 g/mol. The lowest BCUT2D eigenvalue weighted by Gasteiger charge is -2.19. The first-order chi connectivity index (χ1) is 9.88. The minimum Gasteiger partial charge on any atom is -0.399 e. The van der Waals surface area contributed by atoms with Crippen LogP contribution in [-0.4, -0.2) is 24.9 Å². The number of nitrogen functional groups attached to an aromatic ring is 1. The molecule has 112 valence electrons. The minimum absolute atomic E-state index is 0.0398. The minimum atomic E-state index is -0.0612. The van der Waals surface area contributed by atoms with Crippen LogP contribution < -0.4 is 11.1 Å². The highest BCUT2D eigenvalue weighted by molar-refractivity contribution is 7.16. The molecular formula is C15H18ClN3OS. The van der Waals surface area contributed by atoms with Crippen LogP contribution in [0.1, 0.15) is 28.2 Å². The zero-order chi connectivity index (χ0) is 15.6. The summed E-state index contributed by atoms with van der Waals surface area (Å²) < 4.78 is 0.746. The summed E-state index contributed by atoms with van der Waals surface area (Å²) in [5.41, 5.74) is 7.78. The fourth-order valence-corrected chi connectivity index (χ4v) is 3.04. The Bertz CT molecular complexity index is 654. The number of halogens is 1. The van der Waals surface area contributed by atoms with Crippen LogP contribution in [0, 0.1) is 0 Å². The molecular weight excluding hydrogens is 306 g/mol. The van der Waals surface area contributed by atoms with Gasteiger partial charge in [-0.15, -0.1) is 11.3 Å². The van der Waals surface area contributed by atoms with Crippen LogP contribution in [-0.2, 0) is 0 Å². The van der Waals surface area contributed by atoms with Gasteiger partial charge in [-0.1, -0.05) is 11.6 Å². The summed E-state index contributed by atoms with van der Waals surface area (Å²) in [4.78, 5) is 14.9. The van der Waals surface area contributed by atoms with Crippen molar-refractivity contribution in [1.82, 2.24) is 4.90 Å². The summed E-state index contributed by atoms with van der Waals surface area (Å²) >= 11 is 7.48. The van der Waals surface area contributed by atoms with Gasteiger partial charge in [0.1, 0.15) is 0 Å². The van der Waals surface area contributed by atoms with Gasteiger partial charge in [0.15, 0.2) is 0 Å². The Labute approximate surface area is 133 Å². The molecule has 1 atom stereocenters. The Kier molecular flexibility index (Phi) is 4.75. The molecule has 0 aliphatic heterocycles. The number of hydrogen-bond acceptors (Lipinski definition) is 4. The fourth-order valence-electron chi connectivity index (χ4n) is 1.97. The summed E-state index contributed by atoms with van der Waals surface area (Å²) in [6.45, 7) is 2.02. The van der Waals surface area contributed by atoms with E-state index in [0.717, 1.165) is 14.9 Å². The van der Waals surface area contributed by atoms with E-state index in [0.29, 0.717) is 11.3 Å². The quantitative estimate of drug-likeness (QED) is 0.840. The molecule has 3 N–H and O–H groups in total. The van der Waals surface area contributed by atoms with Gasteiger partial charge in [-0.2, -0.15) is 0 Å². The molecule has 1 unspecified atom stereocenters. The number of nitrogens with two attached hydrogens (primary N) is 1. The molecule has 0 aliphatic carbocycles. The molecule has 2 aromatic rings. The van der Waals surface area contributed by atoms with Crippen LogP contribution in [0.15, 0.2) is 30.3 Å². The van der Waals surface area contributed by atoms with E-state index < -0.39 is 0 Å². The number of anilines is 2. The number of thiophene rings is 1. The number of carbonyl (C=O) groups is 1. The zero-order valence-corrected chi connectivity index (χ0v) is 13.8. The molecule has 1 aromatic carbocycles. The van der Waals surface area contributed by atoms with E-state index in [1.807, 2.05) is 19.1 Å². The Morgan fingerprint density at radius 1 is 1.33 bits per heavy atom. The summed E-state index contributed by atoms with van der Waals surface area (Å²) in [7, 11) is 3.45. The topological polar surface area (TPSA) is 58.4 Å². The molecule has 0 saturated heterocycles. The van der Waals surface area contributed by atoms with Gasteiger partial charge in [0.05, 0.1) is 15.9 Å². The van der Waals surface area contributed by atoms with Gasteiger partial charge in [0, 0.05) is 30.3 Å². The Balaban J connectivity index is 2.30. The number of amides is 1. The highest BCUT2D eigenvalue weighted by Crippen LogP contribution is 2.30. The number of benzene rings is 1. The van der Waals surface area contributed by atoms with Crippen molar-refractivity contribution in [2.45, 2.75) is 13.0 Å². The lowest BCUT2D eigenvalue weighted by molar-refractivity contribution is 0.0828. The summed E-state index contributed by atoms with van der Waals surface area (Å²) in [5, 5.41) is 3.34. The van der Waals surface area contributed by atoms with Crippen molar-refractivity contribution in [3.63, 3.8) is 0 Å². The average molecular weight is 324 g/mol. The predicted molar refractivity (Wildman–Crippen MR) is 90.2 cm³/mol. The third-order valence-electron chi connectivity index (χ3n) is 3.07. The molecule has 2 rings (SSSR count). The molecule has 21 heavy (non-hydrogen) atoms. The van der Waals surface area contributed by atoms with Gasteiger partial charge in [-0.05, 0) is 37.3 Å². The van der Waals surface area contributed by atoms with E-state index in [9.17, 15) is 4.79 Å². The normalized spacial score (nSPS) is 12.0. The van der Waals surface area contributed by atoms with Crippen molar-refractivity contribution in [3.8, 4) is 0 Å². The third kappa shape index (κ3) is 3.68. The van der Waals surface area contributed by atoms with E-state index in [1.165, 1.54) is 11.3 Å². The zero-order valence-electron chi connectivity index (χ0n) is 12.2. The first-order valence-electron chi connectivity index (χ1n) is 6.51. The molecule has 4 nitrogen and oxygen atoms in total. The maximum absolute atomic E-state index is 12.2. The van der Waals surface area contributed by atoms with Gasteiger partial charge < -0.3 is 16.0 Å². The van der Waals surface area contributed by atoms with Crippen molar-refractivity contribution in [2.75, 3.05) is 25.1 Å². The molecule has 6 heteroatoms. The fraction of sp³-hybridized carbons (Fsp3) is 0.267. The molecule has 0 aliphatic rings. The number of nitrogens with zero attached hydrogens (tertiary/aromatic N) is 1. The van der Waals surface area contributed by atoms with Crippen molar-refractivity contribution in [1.29, 1.82) is 0 Å². The molecule has 0 radical (unpaired) electrons. The van der Waals surface area contributed by atoms with Crippen LogP contribution in [0.25, 0.3) is 0 Å². The molecule has 0 spiro atoms. The Morgan fingerprint density at radius 3 is 2.62 bits per heavy atom. The first-order valence-corrected chi connectivity index (χ1v) is 7.71. The lowest BCUT2D eigenvalue weighted by Crippen LogP contribution is -2.23. The predicted octanol–water partition coefficient (Wildman–Crippen LogP) is 3.86. The largest absolute Gasteiger partial charge is 0.399 e. The molecule has 0 saturated carbocycles. The van der Waals surface area contributed by atoms with Gasteiger partial charge in [0.2, 0.25) is 0 Å². The Hall–Kier alpha value is -1.72. The van der Waals surface area contributed by atoms with Crippen molar-refractivity contribution >= 4 is 40.2 Å². The lowest BCUT2D eigenvalue weighted by atomic mass is 10.1. The van der Waals surface area contributed by atoms with E-state index in [2.05, 4.69) is 5.32 Å². The Morgan fingerprint density at radius 2 is 2.05 bits per heavy atom. The van der Waals surface area contributed by atoms with Crippen LogP contribution in [0.3, 0.4) is 0 Å². The second-order valence-corrected chi connectivity index (χ2v) is 6.76. The maximum atomic E-state index is 12.2. The number of carbonyl (C=O) groups excluding carboxylic acids is 1. The van der Waals surface area contributed by atoms with Crippen molar-refractivity contribution in [2.24, 2.45) is 0 Å². The highest BCUT2D eigenvalue weighted by atomic mass is 35.5. The average Bonchev–Trinajstić information content (AvgIpc) is 2.85. The highest BCUT2D eigenvalue weighted by Gasteiger charge is 2.16. The molecule has 1 aromatic heterocycles. The van der Waals surface area contributed by atoms with Gasteiger partial charge in [-0.3, -0.25) is 4.79 Å².